The minimum absolute atomic E-state index is 0.515. The number of benzene rings is 1. The summed E-state index contributed by atoms with van der Waals surface area (Å²) in [6.07, 6.45) is -0.844. The molecule has 1 aromatic rings. The molecule has 0 aliphatic rings. The minimum Gasteiger partial charge on any atom is -0.497 e. The van der Waals surface area contributed by atoms with E-state index in [9.17, 15) is 4.79 Å². The summed E-state index contributed by atoms with van der Waals surface area (Å²) < 4.78 is 10.1. The molecule has 0 spiro atoms. The molecule has 0 amide bonds. The number of hydrogen-bond donors (Lipinski definition) is 1. The van der Waals surface area contributed by atoms with Crippen molar-refractivity contribution in [2.24, 2.45) is 0 Å². The summed E-state index contributed by atoms with van der Waals surface area (Å²) in [7, 11) is 1.57. The summed E-state index contributed by atoms with van der Waals surface area (Å²) >= 11 is 0. The van der Waals surface area contributed by atoms with Gasteiger partial charge in [-0.3, -0.25) is 0 Å². The highest BCUT2D eigenvalue weighted by molar-refractivity contribution is 5.72. The third-order valence-corrected chi connectivity index (χ3v) is 1.72. The molecule has 0 aromatic heterocycles. The van der Waals surface area contributed by atoms with Gasteiger partial charge in [0.1, 0.15) is 11.5 Å². The SMILES string of the molecule is COc1ccc(O[C@@H](C)C(=O)O)cc1. The van der Waals surface area contributed by atoms with E-state index in [0.717, 1.165) is 0 Å². The van der Waals surface area contributed by atoms with E-state index in [2.05, 4.69) is 0 Å². The number of carboxylic acid groups (broad SMARTS) is 1. The molecule has 14 heavy (non-hydrogen) atoms. The van der Waals surface area contributed by atoms with Gasteiger partial charge in [0.2, 0.25) is 0 Å². The molecule has 4 nitrogen and oxygen atoms in total. The Kier molecular flexibility index (Phi) is 3.34. The summed E-state index contributed by atoms with van der Waals surface area (Å²) in [4.78, 5) is 10.5. The Bertz CT molecular complexity index is 304. The Labute approximate surface area is 82.1 Å². The number of rotatable bonds is 4. The molecule has 4 heteroatoms. The number of aliphatic carboxylic acids is 1. The van der Waals surface area contributed by atoms with Crippen LogP contribution in [-0.4, -0.2) is 24.3 Å². The molecular weight excluding hydrogens is 184 g/mol. The number of carbonyl (C=O) groups is 1. The van der Waals surface area contributed by atoms with Gasteiger partial charge in [0.05, 0.1) is 7.11 Å². The second kappa shape index (κ2) is 4.50. The lowest BCUT2D eigenvalue weighted by molar-refractivity contribution is -0.144. The van der Waals surface area contributed by atoms with Crippen LogP contribution >= 0.6 is 0 Å². The Morgan fingerprint density at radius 1 is 1.29 bits per heavy atom. The standard InChI is InChI=1S/C10H12O4/c1-7(10(11)12)14-9-5-3-8(13-2)4-6-9/h3-7H,1-2H3,(H,11,12)/t7-/m0/s1. The first-order valence-corrected chi connectivity index (χ1v) is 4.17. The van der Waals surface area contributed by atoms with Crippen molar-refractivity contribution < 1.29 is 19.4 Å². The lowest BCUT2D eigenvalue weighted by Gasteiger charge is -2.10. The van der Waals surface area contributed by atoms with Gasteiger partial charge < -0.3 is 14.6 Å². The lowest BCUT2D eigenvalue weighted by atomic mass is 10.3. The fraction of sp³-hybridized carbons (Fsp3) is 0.300. The van der Waals surface area contributed by atoms with Crippen LogP contribution in [0.25, 0.3) is 0 Å². The zero-order chi connectivity index (χ0) is 10.6. The molecule has 0 bridgehead atoms. The number of ether oxygens (including phenoxy) is 2. The van der Waals surface area contributed by atoms with E-state index in [-0.39, 0.29) is 0 Å². The van der Waals surface area contributed by atoms with Gasteiger partial charge in [-0.25, -0.2) is 4.79 Å². The van der Waals surface area contributed by atoms with Crippen LogP contribution in [0.4, 0.5) is 0 Å². The minimum atomic E-state index is -0.985. The summed E-state index contributed by atoms with van der Waals surface area (Å²) in [6, 6.07) is 6.75. The fourth-order valence-electron chi connectivity index (χ4n) is 0.909. The number of hydrogen-bond acceptors (Lipinski definition) is 3. The molecule has 0 saturated heterocycles. The molecular formula is C10H12O4. The van der Waals surface area contributed by atoms with E-state index in [0.29, 0.717) is 11.5 Å². The van der Waals surface area contributed by atoms with Crippen LogP contribution in [0.3, 0.4) is 0 Å². The monoisotopic (exact) mass is 196 g/mol. The van der Waals surface area contributed by atoms with E-state index in [1.54, 1.807) is 31.4 Å². The molecule has 1 rings (SSSR count). The second-order valence-electron chi connectivity index (χ2n) is 2.77. The van der Waals surface area contributed by atoms with Gasteiger partial charge in [0.25, 0.3) is 0 Å². The van der Waals surface area contributed by atoms with Crippen molar-refractivity contribution in [1.82, 2.24) is 0 Å². The van der Waals surface area contributed by atoms with Crippen molar-refractivity contribution in [3.8, 4) is 11.5 Å². The zero-order valence-electron chi connectivity index (χ0n) is 8.06. The van der Waals surface area contributed by atoms with Crippen molar-refractivity contribution in [3.63, 3.8) is 0 Å². The molecule has 0 heterocycles. The maximum atomic E-state index is 10.5. The zero-order valence-corrected chi connectivity index (χ0v) is 8.06. The largest absolute Gasteiger partial charge is 0.497 e. The van der Waals surface area contributed by atoms with E-state index >= 15 is 0 Å². The van der Waals surface area contributed by atoms with Crippen molar-refractivity contribution in [1.29, 1.82) is 0 Å². The van der Waals surface area contributed by atoms with Crippen molar-refractivity contribution in [2.45, 2.75) is 13.0 Å². The molecule has 1 atom stereocenters. The molecule has 0 saturated carbocycles. The molecule has 0 aliphatic carbocycles. The number of carboxylic acids is 1. The van der Waals surface area contributed by atoms with Gasteiger partial charge in [0, 0.05) is 0 Å². The molecule has 1 N–H and O–H groups in total. The summed E-state index contributed by atoms with van der Waals surface area (Å²) in [5.74, 6) is 0.238. The first kappa shape index (κ1) is 10.4. The maximum absolute atomic E-state index is 10.5. The van der Waals surface area contributed by atoms with Crippen molar-refractivity contribution >= 4 is 5.97 Å². The van der Waals surface area contributed by atoms with Crippen LogP contribution in [0.5, 0.6) is 11.5 Å². The van der Waals surface area contributed by atoms with Gasteiger partial charge >= 0.3 is 5.97 Å². The normalized spacial score (nSPS) is 11.9. The fourth-order valence-corrected chi connectivity index (χ4v) is 0.909. The number of methoxy groups -OCH3 is 1. The van der Waals surface area contributed by atoms with Crippen LogP contribution in [0.1, 0.15) is 6.92 Å². The third kappa shape index (κ3) is 2.65. The van der Waals surface area contributed by atoms with Crippen LogP contribution in [0.2, 0.25) is 0 Å². The van der Waals surface area contributed by atoms with E-state index in [4.69, 9.17) is 14.6 Å². The summed E-state index contributed by atoms with van der Waals surface area (Å²) in [6.45, 7) is 1.48. The Hall–Kier alpha value is -1.71. The smallest absolute Gasteiger partial charge is 0.344 e. The van der Waals surface area contributed by atoms with Gasteiger partial charge in [0.15, 0.2) is 6.10 Å². The highest BCUT2D eigenvalue weighted by Crippen LogP contribution is 2.17. The third-order valence-electron chi connectivity index (χ3n) is 1.72. The highest BCUT2D eigenvalue weighted by atomic mass is 16.5. The molecule has 76 valence electrons. The highest BCUT2D eigenvalue weighted by Gasteiger charge is 2.11. The average Bonchev–Trinajstić information content (AvgIpc) is 2.19. The molecule has 0 unspecified atom stereocenters. The quantitative estimate of drug-likeness (QED) is 0.793. The maximum Gasteiger partial charge on any atom is 0.344 e. The first-order valence-electron chi connectivity index (χ1n) is 4.17. The predicted octanol–water partition coefficient (Wildman–Crippen LogP) is 1.55. The van der Waals surface area contributed by atoms with Crippen LogP contribution < -0.4 is 9.47 Å². The van der Waals surface area contributed by atoms with E-state index in [1.165, 1.54) is 6.92 Å². The Morgan fingerprint density at radius 2 is 1.79 bits per heavy atom. The van der Waals surface area contributed by atoms with E-state index in [1.807, 2.05) is 0 Å². The predicted molar refractivity (Wildman–Crippen MR) is 50.7 cm³/mol. The molecule has 1 aromatic carbocycles. The van der Waals surface area contributed by atoms with Crippen LogP contribution in [0, 0.1) is 0 Å². The molecule has 0 radical (unpaired) electrons. The summed E-state index contributed by atoms with van der Waals surface area (Å²) in [5, 5.41) is 8.59. The van der Waals surface area contributed by atoms with E-state index < -0.39 is 12.1 Å². The topological polar surface area (TPSA) is 55.8 Å². The molecule has 0 fully saturated rings. The summed E-state index contributed by atoms with van der Waals surface area (Å²) in [5.41, 5.74) is 0. The van der Waals surface area contributed by atoms with Gasteiger partial charge in [-0.2, -0.15) is 0 Å². The Morgan fingerprint density at radius 3 is 2.21 bits per heavy atom. The Balaban J connectivity index is 2.64. The average molecular weight is 196 g/mol. The van der Waals surface area contributed by atoms with Crippen molar-refractivity contribution in [3.05, 3.63) is 24.3 Å². The van der Waals surface area contributed by atoms with Crippen molar-refractivity contribution in [2.75, 3.05) is 7.11 Å². The van der Waals surface area contributed by atoms with Crippen LogP contribution in [-0.2, 0) is 4.79 Å². The van der Waals surface area contributed by atoms with Gasteiger partial charge in [-0.05, 0) is 31.2 Å². The second-order valence-corrected chi connectivity index (χ2v) is 2.77. The first-order chi connectivity index (χ1) is 6.63. The molecule has 0 aliphatic heterocycles. The van der Waals surface area contributed by atoms with Gasteiger partial charge in [-0.1, -0.05) is 0 Å². The van der Waals surface area contributed by atoms with Crippen LogP contribution in [0.15, 0.2) is 24.3 Å². The van der Waals surface area contributed by atoms with Gasteiger partial charge in [-0.15, -0.1) is 0 Å². The lowest BCUT2D eigenvalue weighted by Crippen LogP contribution is -2.22.